The van der Waals surface area contributed by atoms with Crippen molar-refractivity contribution in [3.63, 3.8) is 0 Å². The molecular formula is C20H21NO3. The predicted molar refractivity (Wildman–Crippen MR) is 92.2 cm³/mol. The zero-order chi connectivity index (χ0) is 16.7. The minimum Gasteiger partial charge on any atom is -0.496 e. The van der Waals surface area contributed by atoms with Gasteiger partial charge in [0, 0.05) is 24.1 Å². The van der Waals surface area contributed by atoms with Gasteiger partial charge in [-0.15, -0.1) is 0 Å². The Morgan fingerprint density at radius 2 is 1.83 bits per heavy atom. The summed E-state index contributed by atoms with van der Waals surface area (Å²) >= 11 is 0. The Hall–Kier alpha value is -2.33. The Kier molecular flexibility index (Phi) is 3.57. The van der Waals surface area contributed by atoms with E-state index in [9.17, 15) is 4.79 Å². The van der Waals surface area contributed by atoms with Crippen LogP contribution in [-0.4, -0.2) is 24.7 Å². The second-order valence-electron chi connectivity index (χ2n) is 6.57. The molecule has 0 radical (unpaired) electrons. The van der Waals surface area contributed by atoms with Crippen molar-refractivity contribution >= 4 is 11.5 Å². The summed E-state index contributed by atoms with van der Waals surface area (Å²) < 4.78 is 11.8. The SMILES string of the molecule is COc1ccccc1[C@@H]1[C@H]2O[C@](C)(CCC2=O)N1c1ccccc1. The Morgan fingerprint density at radius 1 is 1.12 bits per heavy atom. The van der Waals surface area contributed by atoms with E-state index < -0.39 is 11.8 Å². The van der Waals surface area contributed by atoms with E-state index >= 15 is 0 Å². The first kappa shape index (κ1) is 15.2. The number of carbonyl (C=O) groups excluding carboxylic acids is 1. The molecule has 24 heavy (non-hydrogen) atoms. The summed E-state index contributed by atoms with van der Waals surface area (Å²) in [4.78, 5) is 14.8. The summed E-state index contributed by atoms with van der Waals surface area (Å²) in [5.74, 6) is 0.956. The van der Waals surface area contributed by atoms with Crippen LogP contribution in [0.4, 0.5) is 5.69 Å². The molecule has 4 rings (SSSR count). The molecule has 0 amide bonds. The Bertz CT molecular complexity index is 760. The van der Waals surface area contributed by atoms with E-state index in [1.54, 1.807) is 7.11 Å². The molecule has 0 N–H and O–H groups in total. The number of hydrogen-bond donors (Lipinski definition) is 0. The van der Waals surface area contributed by atoms with Crippen molar-refractivity contribution in [3.8, 4) is 5.75 Å². The molecule has 4 heteroatoms. The number of carbonyl (C=O) groups is 1. The minimum absolute atomic E-state index is 0.168. The van der Waals surface area contributed by atoms with Crippen molar-refractivity contribution in [2.45, 2.75) is 37.6 Å². The number of hydrogen-bond acceptors (Lipinski definition) is 4. The van der Waals surface area contributed by atoms with Crippen LogP contribution in [0.15, 0.2) is 54.6 Å². The molecule has 2 aliphatic rings. The van der Waals surface area contributed by atoms with Crippen LogP contribution in [0.1, 0.15) is 31.4 Å². The molecule has 2 fully saturated rings. The number of ether oxygens (including phenoxy) is 2. The maximum atomic E-state index is 12.6. The molecule has 2 aliphatic heterocycles. The van der Waals surface area contributed by atoms with Gasteiger partial charge < -0.3 is 14.4 Å². The molecule has 2 heterocycles. The predicted octanol–water partition coefficient (Wildman–Crippen LogP) is 3.72. The smallest absolute Gasteiger partial charge is 0.164 e. The van der Waals surface area contributed by atoms with Crippen molar-refractivity contribution in [2.24, 2.45) is 0 Å². The van der Waals surface area contributed by atoms with Crippen LogP contribution in [0.2, 0.25) is 0 Å². The first-order valence-corrected chi connectivity index (χ1v) is 8.32. The Labute approximate surface area is 142 Å². The number of anilines is 1. The lowest BCUT2D eigenvalue weighted by Crippen LogP contribution is -2.44. The molecule has 124 valence electrons. The van der Waals surface area contributed by atoms with Gasteiger partial charge in [-0.05, 0) is 25.1 Å². The average Bonchev–Trinajstić information content (AvgIpc) is 2.88. The molecule has 0 aliphatic carbocycles. The molecular weight excluding hydrogens is 302 g/mol. The fourth-order valence-electron chi connectivity index (χ4n) is 3.98. The third-order valence-corrected chi connectivity index (χ3v) is 5.10. The van der Waals surface area contributed by atoms with Gasteiger partial charge in [0.05, 0.1) is 13.2 Å². The standard InChI is InChI=1S/C20H21NO3/c1-20-13-12-16(22)19(24-20)18(15-10-6-7-11-17(15)23-2)21(20)14-8-4-3-5-9-14/h3-11,18-19H,12-13H2,1-2H3/t18-,19+,20-/m1/s1. The number of Topliss-reactive ketones (excluding diaryl/α,β-unsaturated/α-hetero) is 1. The molecule has 2 aromatic carbocycles. The summed E-state index contributed by atoms with van der Waals surface area (Å²) in [6.07, 6.45) is 0.791. The molecule has 0 unspecified atom stereocenters. The summed E-state index contributed by atoms with van der Waals surface area (Å²) in [6.45, 7) is 2.08. The van der Waals surface area contributed by atoms with Gasteiger partial charge in [-0.2, -0.15) is 0 Å². The molecule has 0 spiro atoms. The lowest BCUT2D eigenvalue weighted by atomic mass is 9.96. The van der Waals surface area contributed by atoms with E-state index in [0.29, 0.717) is 12.8 Å². The van der Waals surface area contributed by atoms with Gasteiger partial charge in [-0.3, -0.25) is 4.79 Å². The molecule has 2 saturated heterocycles. The second kappa shape index (κ2) is 5.64. The summed E-state index contributed by atoms with van der Waals surface area (Å²) in [7, 11) is 1.66. The quantitative estimate of drug-likeness (QED) is 0.863. The number of para-hydroxylation sites is 2. The van der Waals surface area contributed by atoms with Gasteiger partial charge >= 0.3 is 0 Å². The third-order valence-electron chi connectivity index (χ3n) is 5.10. The van der Waals surface area contributed by atoms with Crippen LogP contribution >= 0.6 is 0 Å². The first-order chi connectivity index (χ1) is 11.6. The molecule has 2 bridgehead atoms. The van der Waals surface area contributed by atoms with Crippen molar-refractivity contribution in [1.82, 2.24) is 0 Å². The van der Waals surface area contributed by atoms with Gasteiger partial charge in [0.1, 0.15) is 17.6 Å². The minimum atomic E-state index is -0.481. The maximum absolute atomic E-state index is 12.6. The number of fused-ring (bicyclic) bond motifs is 2. The lowest BCUT2D eigenvalue weighted by Gasteiger charge is -2.38. The lowest BCUT2D eigenvalue weighted by molar-refractivity contribution is -0.143. The van der Waals surface area contributed by atoms with Crippen LogP contribution in [0, 0.1) is 0 Å². The zero-order valence-electron chi connectivity index (χ0n) is 13.9. The average molecular weight is 323 g/mol. The van der Waals surface area contributed by atoms with E-state index in [0.717, 1.165) is 17.0 Å². The normalized spacial score (nSPS) is 28.9. The van der Waals surface area contributed by atoms with Gasteiger partial charge in [0.25, 0.3) is 0 Å². The molecule has 4 nitrogen and oxygen atoms in total. The van der Waals surface area contributed by atoms with Crippen LogP contribution in [0.3, 0.4) is 0 Å². The molecule has 2 aromatic rings. The van der Waals surface area contributed by atoms with Gasteiger partial charge in [-0.25, -0.2) is 0 Å². The Balaban J connectivity index is 1.89. The van der Waals surface area contributed by atoms with E-state index in [-0.39, 0.29) is 11.8 Å². The largest absolute Gasteiger partial charge is 0.496 e. The van der Waals surface area contributed by atoms with Gasteiger partial charge in [-0.1, -0.05) is 36.4 Å². The van der Waals surface area contributed by atoms with Gasteiger partial charge in [0.15, 0.2) is 5.78 Å². The van der Waals surface area contributed by atoms with Crippen LogP contribution in [0.25, 0.3) is 0 Å². The summed E-state index contributed by atoms with van der Waals surface area (Å²) in [5, 5.41) is 0. The molecule has 3 atom stereocenters. The summed E-state index contributed by atoms with van der Waals surface area (Å²) in [5.41, 5.74) is 1.58. The second-order valence-corrected chi connectivity index (χ2v) is 6.57. The van der Waals surface area contributed by atoms with Gasteiger partial charge in [0.2, 0.25) is 0 Å². The first-order valence-electron chi connectivity index (χ1n) is 8.32. The highest BCUT2D eigenvalue weighted by Crippen LogP contribution is 2.51. The van der Waals surface area contributed by atoms with Crippen LogP contribution in [-0.2, 0) is 9.53 Å². The van der Waals surface area contributed by atoms with E-state index in [2.05, 4.69) is 24.0 Å². The third kappa shape index (κ3) is 2.21. The van der Waals surface area contributed by atoms with Crippen LogP contribution < -0.4 is 9.64 Å². The highest BCUT2D eigenvalue weighted by Gasteiger charge is 2.56. The molecule has 0 aromatic heterocycles. The highest BCUT2D eigenvalue weighted by molar-refractivity contribution is 5.87. The van der Waals surface area contributed by atoms with Crippen LogP contribution in [0.5, 0.6) is 5.75 Å². The Morgan fingerprint density at radius 3 is 2.58 bits per heavy atom. The number of ketones is 1. The number of methoxy groups -OCH3 is 1. The summed E-state index contributed by atoms with van der Waals surface area (Å²) in [6, 6.07) is 17.9. The van der Waals surface area contributed by atoms with E-state index in [1.807, 2.05) is 42.5 Å². The fourth-order valence-corrected chi connectivity index (χ4v) is 3.98. The number of rotatable bonds is 3. The zero-order valence-corrected chi connectivity index (χ0v) is 13.9. The van der Waals surface area contributed by atoms with Crippen molar-refractivity contribution < 1.29 is 14.3 Å². The molecule has 0 saturated carbocycles. The van der Waals surface area contributed by atoms with E-state index in [4.69, 9.17) is 9.47 Å². The van der Waals surface area contributed by atoms with Crippen molar-refractivity contribution in [3.05, 3.63) is 60.2 Å². The monoisotopic (exact) mass is 323 g/mol. The number of nitrogens with zero attached hydrogens (tertiary/aromatic N) is 1. The number of benzene rings is 2. The van der Waals surface area contributed by atoms with Crippen molar-refractivity contribution in [1.29, 1.82) is 0 Å². The van der Waals surface area contributed by atoms with E-state index in [1.165, 1.54) is 0 Å². The van der Waals surface area contributed by atoms with Crippen molar-refractivity contribution in [2.75, 3.05) is 12.0 Å². The topological polar surface area (TPSA) is 38.8 Å². The maximum Gasteiger partial charge on any atom is 0.164 e. The fraction of sp³-hybridized carbons (Fsp3) is 0.350. The highest BCUT2D eigenvalue weighted by atomic mass is 16.5.